The SMILES string of the molecule is Cc1nc(N2CC(=O)Nc3cc(OCCSF)ccc3C2)c2ccccc2n1. The van der Waals surface area contributed by atoms with Gasteiger partial charge < -0.3 is 15.0 Å². The van der Waals surface area contributed by atoms with Gasteiger partial charge in [0.05, 0.1) is 24.4 Å². The highest BCUT2D eigenvalue weighted by molar-refractivity contribution is 7.94. The van der Waals surface area contributed by atoms with Crippen LogP contribution in [0.15, 0.2) is 42.5 Å². The van der Waals surface area contributed by atoms with Gasteiger partial charge in [0, 0.05) is 35.8 Å². The van der Waals surface area contributed by atoms with E-state index in [0.29, 0.717) is 23.8 Å². The van der Waals surface area contributed by atoms with Crippen molar-refractivity contribution in [2.24, 2.45) is 0 Å². The molecule has 6 nitrogen and oxygen atoms in total. The molecule has 0 saturated carbocycles. The van der Waals surface area contributed by atoms with Crippen molar-refractivity contribution in [3.63, 3.8) is 0 Å². The fourth-order valence-corrected chi connectivity index (χ4v) is 3.43. The number of aryl methyl sites for hydroxylation is 1. The minimum absolute atomic E-state index is 0.129. The molecule has 1 amide bonds. The lowest BCUT2D eigenvalue weighted by molar-refractivity contribution is -0.114. The van der Waals surface area contributed by atoms with E-state index >= 15 is 0 Å². The van der Waals surface area contributed by atoms with E-state index in [-0.39, 0.29) is 37.0 Å². The van der Waals surface area contributed by atoms with Gasteiger partial charge in [0.15, 0.2) is 0 Å². The zero-order valence-electron chi connectivity index (χ0n) is 15.3. The molecular formula is C20H19FN4O2S. The third kappa shape index (κ3) is 3.87. The summed E-state index contributed by atoms with van der Waals surface area (Å²) < 4.78 is 17.7. The Balaban J connectivity index is 1.68. The van der Waals surface area contributed by atoms with Crippen LogP contribution in [0.25, 0.3) is 10.9 Å². The maximum atomic E-state index is 12.5. The molecule has 0 saturated heterocycles. The molecule has 2 aromatic carbocycles. The molecule has 1 N–H and O–H groups in total. The fraction of sp³-hybridized carbons (Fsp3) is 0.250. The number of benzene rings is 2. The molecular weight excluding hydrogens is 379 g/mol. The quantitative estimate of drug-likeness (QED) is 0.658. The first-order valence-electron chi connectivity index (χ1n) is 8.91. The lowest BCUT2D eigenvalue weighted by Crippen LogP contribution is -2.30. The first-order chi connectivity index (χ1) is 13.6. The molecule has 0 aliphatic carbocycles. The van der Waals surface area contributed by atoms with Crippen LogP contribution in [-0.4, -0.2) is 34.8 Å². The van der Waals surface area contributed by atoms with Gasteiger partial charge >= 0.3 is 0 Å². The molecule has 0 radical (unpaired) electrons. The summed E-state index contributed by atoms with van der Waals surface area (Å²) in [5.74, 6) is 2.14. The summed E-state index contributed by atoms with van der Waals surface area (Å²) in [6.45, 7) is 2.83. The van der Waals surface area contributed by atoms with Gasteiger partial charge in [0.25, 0.3) is 0 Å². The molecule has 0 unspecified atom stereocenters. The highest BCUT2D eigenvalue weighted by Gasteiger charge is 2.23. The second-order valence-electron chi connectivity index (χ2n) is 6.50. The number of halogens is 1. The van der Waals surface area contributed by atoms with E-state index in [1.54, 1.807) is 6.07 Å². The molecule has 0 bridgehead atoms. The molecule has 0 atom stereocenters. The summed E-state index contributed by atoms with van der Waals surface area (Å²) >= 11 is 0.240. The smallest absolute Gasteiger partial charge is 0.243 e. The van der Waals surface area contributed by atoms with Crippen molar-refractivity contribution in [2.45, 2.75) is 13.5 Å². The molecule has 4 rings (SSSR count). The highest BCUT2D eigenvalue weighted by Crippen LogP contribution is 2.30. The number of carbonyl (C=O) groups is 1. The van der Waals surface area contributed by atoms with Crippen molar-refractivity contribution in [3.05, 3.63) is 53.9 Å². The predicted molar refractivity (Wildman–Crippen MR) is 109 cm³/mol. The Kier molecular flexibility index (Phi) is 5.29. The van der Waals surface area contributed by atoms with Crippen molar-refractivity contribution >= 4 is 40.5 Å². The van der Waals surface area contributed by atoms with Crippen LogP contribution in [0, 0.1) is 6.92 Å². The number of para-hydroxylation sites is 1. The standard InChI is InChI=1S/C20H19FN4O2S/c1-13-22-17-5-3-2-4-16(17)20(23-13)25-11-14-6-7-15(27-8-9-28-21)10-18(14)24-19(26)12-25/h2-7,10H,8-9,11-12H2,1H3,(H,24,26). The van der Waals surface area contributed by atoms with Crippen molar-refractivity contribution in [2.75, 3.05) is 29.1 Å². The number of anilines is 2. The minimum atomic E-state index is -0.129. The summed E-state index contributed by atoms with van der Waals surface area (Å²) in [5.41, 5.74) is 2.51. The van der Waals surface area contributed by atoms with Gasteiger partial charge in [0.2, 0.25) is 5.91 Å². The van der Waals surface area contributed by atoms with Gasteiger partial charge in [-0.2, -0.15) is 3.89 Å². The molecule has 28 heavy (non-hydrogen) atoms. The van der Waals surface area contributed by atoms with E-state index in [0.717, 1.165) is 22.3 Å². The third-order valence-corrected chi connectivity index (χ3v) is 4.80. The average molecular weight is 398 g/mol. The van der Waals surface area contributed by atoms with Crippen LogP contribution in [0.4, 0.5) is 15.4 Å². The molecule has 2 heterocycles. The zero-order chi connectivity index (χ0) is 19.5. The molecule has 3 aromatic rings. The Labute approximate surface area is 166 Å². The van der Waals surface area contributed by atoms with Crippen molar-refractivity contribution in [3.8, 4) is 5.75 Å². The number of hydrogen-bond acceptors (Lipinski definition) is 6. The topological polar surface area (TPSA) is 67.4 Å². The van der Waals surface area contributed by atoms with Gasteiger partial charge in [-0.15, -0.1) is 0 Å². The van der Waals surface area contributed by atoms with Crippen molar-refractivity contribution < 1.29 is 13.4 Å². The average Bonchev–Trinajstić information content (AvgIpc) is 2.85. The minimum Gasteiger partial charge on any atom is -0.493 e. The van der Waals surface area contributed by atoms with Crippen LogP contribution in [0.5, 0.6) is 5.75 Å². The zero-order valence-corrected chi connectivity index (χ0v) is 16.1. The van der Waals surface area contributed by atoms with Gasteiger partial charge in [0.1, 0.15) is 17.4 Å². The summed E-state index contributed by atoms with van der Waals surface area (Å²) in [6.07, 6.45) is 0. The highest BCUT2D eigenvalue weighted by atomic mass is 32.2. The number of nitrogens with zero attached hydrogens (tertiary/aromatic N) is 3. The largest absolute Gasteiger partial charge is 0.493 e. The molecule has 1 aromatic heterocycles. The van der Waals surface area contributed by atoms with E-state index in [4.69, 9.17) is 4.74 Å². The van der Waals surface area contributed by atoms with Crippen LogP contribution in [-0.2, 0) is 11.3 Å². The molecule has 1 aliphatic rings. The van der Waals surface area contributed by atoms with Gasteiger partial charge in [-0.1, -0.05) is 18.2 Å². The van der Waals surface area contributed by atoms with E-state index in [1.165, 1.54) is 0 Å². The molecule has 1 aliphatic heterocycles. The van der Waals surface area contributed by atoms with Gasteiger partial charge in [-0.3, -0.25) is 4.79 Å². The predicted octanol–water partition coefficient (Wildman–Crippen LogP) is 3.89. The van der Waals surface area contributed by atoms with Crippen LogP contribution in [0.1, 0.15) is 11.4 Å². The maximum absolute atomic E-state index is 12.5. The maximum Gasteiger partial charge on any atom is 0.243 e. The van der Waals surface area contributed by atoms with Gasteiger partial charge in [-0.05, 0) is 30.7 Å². The van der Waals surface area contributed by atoms with Crippen LogP contribution in [0.3, 0.4) is 0 Å². The monoisotopic (exact) mass is 398 g/mol. The second-order valence-corrected chi connectivity index (χ2v) is 7.12. The number of fused-ring (bicyclic) bond motifs is 2. The molecule has 0 spiro atoms. The van der Waals surface area contributed by atoms with E-state index in [1.807, 2.05) is 48.2 Å². The fourth-order valence-electron chi connectivity index (χ4n) is 3.28. The van der Waals surface area contributed by atoms with Crippen LogP contribution < -0.4 is 15.0 Å². The number of hydrogen-bond donors (Lipinski definition) is 1. The van der Waals surface area contributed by atoms with Gasteiger partial charge in [-0.25, -0.2) is 9.97 Å². The van der Waals surface area contributed by atoms with Crippen LogP contribution >= 0.6 is 12.1 Å². The normalized spacial score (nSPS) is 13.8. The van der Waals surface area contributed by atoms with E-state index < -0.39 is 0 Å². The first kappa shape index (κ1) is 18.5. The Hall–Kier alpha value is -2.87. The van der Waals surface area contributed by atoms with Crippen molar-refractivity contribution in [1.29, 1.82) is 0 Å². The number of nitrogens with one attached hydrogen (secondary N) is 1. The van der Waals surface area contributed by atoms with Crippen molar-refractivity contribution in [1.82, 2.24) is 9.97 Å². The van der Waals surface area contributed by atoms with Crippen LogP contribution in [0.2, 0.25) is 0 Å². The Bertz CT molecular complexity index is 1030. The Morgan fingerprint density at radius 2 is 2.07 bits per heavy atom. The lowest BCUT2D eigenvalue weighted by Gasteiger charge is -2.22. The summed E-state index contributed by atoms with van der Waals surface area (Å²) in [5, 5.41) is 3.84. The second kappa shape index (κ2) is 8.02. The summed E-state index contributed by atoms with van der Waals surface area (Å²) in [7, 11) is 0. The number of ether oxygens (including phenoxy) is 1. The Morgan fingerprint density at radius 1 is 1.21 bits per heavy atom. The number of aromatic nitrogens is 2. The summed E-state index contributed by atoms with van der Waals surface area (Å²) in [4.78, 5) is 23.6. The lowest BCUT2D eigenvalue weighted by atomic mass is 10.1. The van der Waals surface area contributed by atoms with E-state index in [9.17, 15) is 8.68 Å². The first-order valence-corrected chi connectivity index (χ1v) is 9.80. The Morgan fingerprint density at radius 3 is 2.93 bits per heavy atom. The molecule has 144 valence electrons. The summed E-state index contributed by atoms with van der Waals surface area (Å²) in [6, 6.07) is 13.3. The number of carbonyl (C=O) groups excluding carboxylic acids is 1. The third-order valence-electron chi connectivity index (χ3n) is 4.47. The molecule has 0 fully saturated rings. The van der Waals surface area contributed by atoms with E-state index in [2.05, 4.69) is 15.3 Å². The molecule has 8 heteroatoms. The number of rotatable bonds is 5. The number of amides is 1.